The van der Waals surface area contributed by atoms with Crippen LogP contribution in [0.25, 0.3) is 0 Å². The van der Waals surface area contributed by atoms with Crippen LogP contribution >= 0.6 is 23.2 Å². The lowest BCUT2D eigenvalue weighted by atomic mass is 9.78. The van der Waals surface area contributed by atoms with E-state index in [0.717, 1.165) is 37.6 Å². The molecule has 0 aliphatic carbocycles. The molecule has 0 unspecified atom stereocenters. The number of carboxylic acids is 1. The van der Waals surface area contributed by atoms with E-state index in [1.165, 1.54) is 12.1 Å². The van der Waals surface area contributed by atoms with Crippen LogP contribution in [-0.4, -0.2) is 38.2 Å². The zero-order valence-corrected chi connectivity index (χ0v) is 18.0. The van der Waals surface area contributed by atoms with E-state index in [4.69, 9.17) is 32.7 Å². The molecule has 3 N–H and O–H groups in total. The van der Waals surface area contributed by atoms with Gasteiger partial charge in [0.2, 0.25) is 0 Å². The van der Waals surface area contributed by atoms with Crippen molar-refractivity contribution in [1.29, 1.82) is 0 Å². The Bertz CT molecular complexity index is 1220. The maximum Gasteiger partial charge on any atom is 0.422 e. The third kappa shape index (κ3) is 4.80. The van der Waals surface area contributed by atoms with Crippen molar-refractivity contribution in [2.45, 2.75) is 24.6 Å². The number of pyridine rings is 1. The second-order valence-corrected chi connectivity index (χ2v) is 7.68. The van der Waals surface area contributed by atoms with E-state index in [9.17, 15) is 27.9 Å². The number of nitrogens with one attached hydrogen (secondary N) is 1. The monoisotopic (exact) mass is 503 g/mol. The zero-order chi connectivity index (χ0) is 24.6. The van der Waals surface area contributed by atoms with Gasteiger partial charge < -0.3 is 14.6 Å². The lowest BCUT2D eigenvalue weighted by Crippen LogP contribution is -2.46. The Morgan fingerprint density at radius 2 is 1.88 bits per heavy atom. The van der Waals surface area contributed by atoms with Crippen LogP contribution in [0.15, 0.2) is 47.2 Å². The number of carboxylic acid groups (broad SMARTS) is 1. The summed E-state index contributed by atoms with van der Waals surface area (Å²) in [6, 6.07) is 4.95. The molecule has 2 aromatic heterocycles. The SMILES string of the molecule is C[C@H](c1ccc(C(=O)Nc2nc(C(=O)O)co2)cc1Cl)[C@@](O)(c1ccnc(Cl)c1)C(F)(F)F. The first-order valence-corrected chi connectivity index (χ1v) is 9.81. The normalized spacial score (nSPS) is 14.4. The minimum absolute atomic E-state index is 0.0754. The van der Waals surface area contributed by atoms with E-state index >= 15 is 0 Å². The molecule has 3 aromatic rings. The number of oxazole rings is 1. The molecule has 0 saturated heterocycles. The molecule has 0 saturated carbocycles. The summed E-state index contributed by atoms with van der Waals surface area (Å²) in [5.74, 6) is -3.78. The van der Waals surface area contributed by atoms with E-state index in [1.54, 1.807) is 0 Å². The fraction of sp³-hybridized carbons (Fsp3) is 0.200. The standard InChI is InChI=1S/C20H14Cl2F3N3O5/c1-9(19(32,20(23,24)25)11-4-5-26-15(22)7-11)12-3-2-10(6-13(12)21)16(29)28-18-27-14(8-33-18)17(30)31/h2-9,32H,1H3,(H,30,31)(H,27,28,29)/t9-,19-/m1/s1. The zero-order valence-electron chi connectivity index (χ0n) is 16.5. The van der Waals surface area contributed by atoms with Gasteiger partial charge in [-0.1, -0.05) is 36.2 Å². The fourth-order valence-electron chi connectivity index (χ4n) is 3.14. The van der Waals surface area contributed by atoms with Crippen molar-refractivity contribution in [1.82, 2.24) is 9.97 Å². The van der Waals surface area contributed by atoms with Crippen molar-refractivity contribution in [3.05, 3.63) is 75.4 Å². The Kier molecular flexibility index (Phi) is 6.68. The number of anilines is 1. The van der Waals surface area contributed by atoms with Gasteiger partial charge in [0.05, 0.1) is 0 Å². The van der Waals surface area contributed by atoms with Gasteiger partial charge in [-0.15, -0.1) is 0 Å². The van der Waals surface area contributed by atoms with E-state index < -0.39 is 46.8 Å². The molecule has 0 fully saturated rings. The van der Waals surface area contributed by atoms with Crippen molar-refractivity contribution in [3.8, 4) is 0 Å². The molecule has 1 aromatic carbocycles. The van der Waals surface area contributed by atoms with Crippen molar-refractivity contribution in [3.63, 3.8) is 0 Å². The summed E-state index contributed by atoms with van der Waals surface area (Å²) in [6.45, 7) is 1.13. The highest BCUT2D eigenvalue weighted by molar-refractivity contribution is 6.32. The summed E-state index contributed by atoms with van der Waals surface area (Å²) in [7, 11) is 0. The second kappa shape index (κ2) is 9.00. The number of aliphatic hydroxyl groups is 1. The quantitative estimate of drug-likeness (QED) is 0.409. The summed E-state index contributed by atoms with van der Waals surface area (Å²) in [5, 5.41) is 21.4. The average Bonchev–Trinajstić information content (AvgIpc) is 3.20. The predicted octanol–water partition coefficient (Wildman–Crippen LogP) is 4.88. The lowest BCUT2D eigenvalue weighted by molar-refractivity contribution is -0.274. The lowest BCUT2D eigenvalue weighted by Gasteiger charge is -2.37. The van der Waals surface area contributed by atoms with Crippen LogP contribution in [0, 0.1) is 0 Å². The minimum Gasteiger partial charge on any atom is -0.476 e. The molecule has 174 valence electrons. The molecular formula is C20H14Cl2F3N3O5. The van der Waals surface area contributed by atoms with E-state index in [-0.39, 0.29) is 21.3 Å². The first kappa shape index (κ1) is 24.5. The summed E-state index contributed by atoms with van der Waals surface area (Å²) >= 11 is 11.9. The number of carbonyl (C=O) groups excluding carboxylic acids is 1. The Hall–Kier alpha value is -3.15. The van der Waals surface area contributed by atoms with Crippen LogP contribution in [0.4, 0.5) is 19.2 Å². The first-order chi connectivity index (χ1) is 15.3. The second-order valence-electron chi connectivity index (χ2n) is 6.89. The Labute approximate surface area is 194 Å². The number of hydrogen-bond acceptors (Lipinski definition) is 6. The number of hydrogen-bond donors (Lipinski definition) is 3. The third-order valence-electron chi connectivity index (χ3n) is 4.90. The van der Waals surface area contributed by atoms with Crippen molar-refractivity contribution >= 4 is 41.1 Å². The molecule has 2 heterocycles. The van der Waals surface area contributed by atoms with E-state index in [1.807, 2.05) is 0 Å². The average molecular weight is 504 g/mol. The summed E-state index contributed by atoms with van der Waals surface area (Å²) in [4.78, 5) is 30.4. The van der Waals surface area contributed by atoms with Gasteiger partial charge in [0.1, 0.15) is 11.4 Å². The Balaban J connectivity index is 1.92. The molecule has 0 aliphatic heterocycles. The smallest absolute Gasteiger partial charge is 0.422 e. The molecule has 0 bridgehead atoms. The Morgan fingerprint density at radius 3 is 2.42 bits per heavy atom. The van der Waals surface area contributed by atoms with Gasteiger partial charge in [0, 0.05) is 22.7 Å². The van der Waals surface area contributed by atoms with Gasteiger partial charge in [0.25, 0.3) is 5.91 Å². The largest absolute Gasteiger partial charge is 0.476 e. The summed E-state index contributed by atoms with van der Waals surface area (Å²) < 4.78 is 46.9. The molecule has 8 nitrogen and oxygen atoms in total. The van der Waals surface area contributed by atoms with Gasteiger partial charge in [-0.05, 0) is 35.4 Å². The number of amides is 1. The summed E-state index contributed by atoms with van der Waals surface area (Å²) in [6.07, 6.45) is -3.25. The fourth-order valence-corrected chi connectivity index (χ4v) is 3.66. The number of rotatable bonds is 6. The molecule has 13 heteroatoms. The van der Waals surface area contributed by atoms with Crippen LogP contribution in [0.3, 0.4) is 0 Å². The number of nitrogens with zero attached hydrogens (tertiary/aromatic N) is 2. The number of benzene rings is 1. The number of halogens is 5. The minimum atomic E-state index is -5.11. The van der Waals surface area contributed by atoms with Gasteiger partial charge in [0.15, 0.2) is 11.3 Å². The number of aromatic carboxylic acids is 1. The number of alkyl halides is 3. The highest BCUT2D eigenvalue weighted by atomic mass is 35.5. The molecule has 33 heavy (non-hydrogen) atoms. The maximum absolute atomic E-state index is 14.0. The Morgan fingerprint density at radius 1 is 1.18 bits per heavy atom. The molecule has 0 radical (unpaired) electrons. The molecule has 1 amide bonds. The molecule has 3 rings (SSSR count). The van der Waals surface area contributed by atoms with Gasteiger partial charge in [-0.3, -0.25) is 10.1 Å². The molecule has 0 spiro atoms. The molecule has 2 atom stereocenters. The highest BCUT2D eigenvalue weighted by Crippen LogP contribution is 2.50. The van der Waals surface area contributed by atoms with E-state index in [0.29, 0.717) is 0 Å². The van der Waals surface area contributed by atoms with Crippen LogP contribution in [-0.2, 0) is 5.60 Å². The van der Waals surface area contributed by atoms with Crippen LogP contribution in [0.2, 0.25) is 10.2 Å². The van der Waals surface area contributed by atoms with Gasteiger partial charge >= 0.3 is 18.2 Å². The first-order valence-electron chi connectivity index (χ1n) is 9.05. The van der Waals surface area contributed by atoms with Gasteiger partial charge in [-0.25, -0.2) is 9.78 Å². The third-order valence-corrected chi connectivity index (χ3v) is 5.43. The topological polar surface area (TPSA) is 126 Å². The highest BCUT2D eigenvalue weighted by Gasteiger charge is 2.59. The molecule has 0 aliphatic rings. The summed E-state index contributed by atoms with van der Waals surface area (Å²) in [5.41, 5.74) is -4.49. The van der Waals surface area contributed by atoms with Crippen LogP contribution in [0.1, 0.15) is 44.8 Å². The van der Waals surface area contributed by atoms with Crippen LogP contribution < -0.4 is 5.32 Å². The predicted molar refractivity (Wildman–Crippen MR) is 110 cm³/mol. The van der Waals surface area contributed by atoms with Crippen molar-refractivity contribution in [2.75, 3.05) is 5.32 Å². The van der Waals surface area contributed by atoms with Gasteiger partial charge in [-0.2, -0.15) is 18.2 Å². The van der Waals surface area contributed by atoms with Crippen molar-refractivity contribution in [2.24, 2.45) is 0 Å². The maximum atomic E-state index is 14.0. The van der Waals surface area contributed by atoms with Crippen molar-refractivity contribution < 1.29 is 37.4 Å². The van der Waals surface area contributed by atoms with Crippen LogP contribution in [0.5, 0.6) is 0 Å². The number of carbonyl (C=O) groups is 2. The van der Waals surface area contributed by atoms with E-state index in [2.05, 4.69) is 15.3 Å². The molecular weight excluding hydrogens is 490 g/mol. The number of aromatic nitrogens is 2.